The quantitative estimate of drug-likeness (QED) is 0.251. The summed E-state index contributed by atoms with van der Waals surface area (Å²) in [6.07, 6.45) is 0. The van der Waals surface area contributed by atoms with E-state index in [4.69, 9.17) is 0 Å². The molecule has 6 aromatic carbocycles. The summed E-state index contributed by atoms with van der Waals surface area (Å²) < 4.78 is 0. The van der Waals surface area contributed by atoms with Crippen molar-refractivity contribution >= 4 is 21.5 Å². The SMILES string of the molecule is c1ccc(-c2cccc3cc4ccccc4cc23)cc1.c1ccc(-c2ccccc2)cc1. The number of benzene rings is 6. The molecule has 0 saturated heterocycles. The molecule has 0 N–H and O–H groups in total. The molecule has 0 aromatic heterocycles. The van der Waals surface area contributed by atoms with E-state index in [2.05, 4.69) is 133 Å². The molecule has 0 saturated carbocycles. The molecule has 0 radical (unpaired) electrons. The number of fused-ring (bicyclic) bond motifs is 2. The monoisotopic (exact) mass is 408 g/mol. The Morgan fingerprint density at radius 3 is 1.28 bits per heavy atom. The van der Waals surface area contributed by atoms with Crippen LogP contribution in [0.5, 0.6) is 0 Å². The summed E-state index contributed by atoms with van der Waals surface area (Å²) >= 11 is 0. The van der Waals surface area contributed by atoms with Crippen LogP contribution in [-0.4, -0.2) is 0 Å². The van der Waals surface area contributed by atoms with Gasteiger partial charge >= 0.3 is 0 Å². The van der Waals surface area contributed by atoms with Gasteiger partial charge in [0.2, 0.25) is 0 Å². The van der Waals surface area contributed by atoms with E-state index < -0.39 is 0 Å². The van der Waals surface area contributed by atoms with E-state index in [1.165, 1.54) is 43.8 Å². The molecule has 0 heterocycles. The molecule has 6 aromatic rings. The lowest BCUT2D eigenvalue weighted by atomic mass is 9.96. The predicted molar refractivity (Wildman–Crippen MR) is 139 cm³/mol. The van der Waals surface area contributed by atoms with Crippen molar-refractivity contribution < 1.29 is 0 Å². The van der Waals surface area contributed by atoms with Crippen LogP contribution in [0.1, 0.15) is 0 Å². The zero-order chi connectivity index (χ0) is 21.6. The molecule has 6 rings (SSSR count). The van der Waals surface area contributed by atoms with Gasteiger partial charge in [-0.25, -0.2) is 0 Å². The Bertz CT molecular complexity index is 1400. The average molecular weight is 409 g/mol. The van der Waals surface area contributed by atoms with E-state index in [-0.39, 0.29) is 0 Å². The molecule has 0 bridgehead atoms. The highest BCUT2D eigenvalue weighted by Crippen LogP contribution is 2.31. The first-order valence-corrected chi connectivity index (χ1v) is 11.0. The van der Waals surface area contributed by atoms with Crippen LogP contribution in [0, 0.1) is 0 Å². The molecule has 0 aliphatic rings. The Labute approximate surface area is 189 Å². The van der Waals surface area contributed by atoms with Gasteiger partial charge in [0.15, 0.2) is 0 Å². The third-order valence-electron chi connectivity index (χ3n) is 5.71. The van der Waals surface area contributed by atoms with E-state index in [1.807, 2.05) is 12.1 Å². The standard InChI is InChI=1S/C20H14.C12H10/c1-2-7-15(8-3-1)19-12-6-11-18-13-16-9-4-5-10-17(16)14-20(18)19;1-3-7-11(8-4-1)12-9-5-2-6-10-12/h1-14H;1-10H. The second-order valence-corrected chi connectivity index (χ2v) is 7.82. The summed E-state index contributed by atoms with van der Waals surface area (Å²) in [5.41, 5.74) is 5.12. The maximum absolute atomic E-state index is 2.30. The lowest BCUT2D eigenvalue weighted by Crippen LogP contribution is -1.82. The minimum atomic E-state index is 1.27. The zero-order valence-corrected chi connectivity index (χ0v) is 17.9. The maximum Gasteiger partial charge on any atom is -0.00990 e. The summed E-state index contributed by atoms with van der Waals surface area (Å²) in [7, 11) is 0. The van der Waals surface area contributed by atoms with Crippen LogP contribution in [0.2, 0.25) is 0 Å². The molecule has 0 atom stereocenters. The van der Waals surface area contributed by atoms with Crippen molar-refractivity contribution in [2.75, 3.05) is 0 Å². The van der Waals surface area contributed by atoms with Gasteiger partial charge in [0.25, 0.3) is 0 Å². The van der Waals surface area contributed by atoms with E-state index in [1.54, 1.807) is 0 Å². The molecule has 0 aliphatic carbocycles. The molecule has 0 nitrogen and oxygen atoms in total. The first-order chi connectivity index (χ1) is 15.9. The van der Waals surface area contributed by atoms with Crippen LogP contribution in [0.15, 0.2) is 146 Å². The largest absolute Gasteiger partial charge is 0.0622 e. The lowest BCUT2D eigenvalue weighted by molar-refractivity contribution is 1.62. The number of hydrogen-bond donors (Lipinski definition) is 0. The summed E-state index contributed by atoms with van der Waals surface area (Å²) in [5.74, 6) is 0. The molecular formula is C32H24. The summed E-state index contributed by atoms with van der Waals surface area (Å²) in [6.45, 7) is 0. The van der Waals surface area contributed by atoms with Crippen LogP contribution in [0.25, 0.3) is 43.8 Å². The van der Waals surface area contributed by atoms with Crippen molar-refractivity contribution in [2.45, 2.75) is 0 Å². The molecule has 0 spiro atoms. The highest BCUT2D eigenvalue weighted by atomic mass is 14.1. The minimum absolute atomic E-state index is 1.27. The van der Waals surface area contributed by atoms with Crippen LogP contribution in [0.3, 0.4) is 0 Å². The Kier molecular flexibility index (Phi) is 5.76. The average Bonchev–Trinajstić information content (AvgIpc) is 2.89. The van der Waals surface area contributed by atoms with Crippen molar-refractivity contribution in [1.82, 2.24) is 0 Å². The van der Waals surface area contributed by atoms with Gasteiger partial charge in [0.1, 0.15) is 0 Å². The lowest BCUT2D eigenvalue weighted by Gasteiger charge is -2.08. The Morgan fingerprint density at radius 2 is 0.719 bits per heavy atom. The summed E-state index contributed by atoms with van der Waals surface area (Å²) in [6, 6.07) is 51.0. The van der Waals surface area contributed by atoms with Crippen LogP contribution >= 0.6 is 0 Å². The van der Waals surface area contributed by atoms with Gasteiger partial charge < -0.3 is 0 Å². The van der Waals surface area contributed by atoms with Gasteiger partial charge in [0, 0.05) is 0 Å². The number of rotatable bonds is 2. The Balaban J connectivity index is 0.000000154. The van der Waals surface area contributed by atoms with E-state index in [9.17, 15) is 0 Å². The molecular weight excluding hydrogens is 384 g/mol. The second-order valence-electron chi connectivity index (χ2n) is 7.82. The third-order valence-corrected chi connectivity index (χ3v) is 5.71. The van der Waals surface area contributed by atoms with Crippen molar-refractivity contribution in [3.63, 3.8) is 0 Å². The maximum atomic E-state index is 2.30. The van der Waals surface area contributed by atoms with Gasteiger partial charge in [0.05, 0.1) is 0 Å². The highest BCUT2D eigenvalue weighted by Gasteiger charge is 2.04. The smallest absolute Gasteiger partial charge is 0.00990 e. The molecule has 0 aliphatic heterocycles. The topological polar surface area (TPSA) is 0 Å². The Hall–Kier alpha value is -4.16. The van der Waals surface area contributed by atoms with Gasteiger partial charge in [-0.05, 0) is 55.9 Å². The van der Waals surface area contributed by atoms with Gasteiger partial charge in [-0.15, -0.1) is 0 Å². The van der Waals surface area contributed by atoms with Gasteiger partial charge in [-0.1, -0.05) is 133 Å². The third kappa shape index (κ3) is 4.31. The fraction of sp³-hybridized carbons (Fsp3) is 0. The van der Waals surface area contributed by atoms with E-state index >= 15 is 0 Å². The summed E-state index contributed by atoms with van der Waals surface area (Å²) in [4.78, 5) is 0. The molecule has 0 heteroatoms. The van der Waals surface area contributed by atoms with E-state index in [0.717, 1.165) is 0 Å². The van der Waals surface area contributed by atoms with Gasteiger partial charge in [-0.2, -0.15) is 0 Å². The first kappa shape index (κ1) is 19.8. The molecule has 0 unspecified atom stereocenters. The minimum Gasteiger partial charge on any atom is -0.0622 e. The molecule has 0 amide bonds. The van der Waals surface area contributed by atoms with Crippen LogP contribution in [-0.2, 0) is 0 Å². The molecule has 32 heavy (non-hydrogen) atoms. The first-order valence-electron chi connectivity index (χ1n) is 11.0. The van der Waals surface area contributed by atoms with Crippen molar-refractivity contribution in [3.8, 4) is 22.3 Å². The Morgan fingerprint density at radius 1 is 0.281 bits per heavy atom. The predicted octanol–water partition coefficient (Wildman–Crippen LogP) is 9.01. The van der Waals surface area contributed by atoms with Crippen LogP contribution in [0.4, 0.5) is 0 Å². The highest BCUT2D eigenvalue weighted by molar-refractivity contribution is 6.04. The number of hydrogen-bond acceptors (Lipinski definition) is 0. The molecule has 0 fully saturated rings. The summed E-state index contributed by atoms with van der Waals surface area (Å²) in [5, 5.41) is 5.20. The fourth-order valence-electron chi connectivity index (χ4n) is 4.10. The van der Waals surface area contributed by atoms with Crippen molar-refractivity contribution in [1.29, 1.82) is 0 Å². The van der Waals surface area contributed by atoms with Crippen molar-refractivity contribution in [2.24, 2.45) is 0 Å². The van der Waals surface area contributed by atoms with Gasteiger partial charge in [-0.3, -0.25) is 0 Å². The van der Waals surface area contributed by atoms with E-state index in [0.29, 0.717) is 0 Å². The molecule has 152 valence electrons. The van der Waals surface area contributed by atoms with Crippen molar-refractivity contribution in [3.05, 3.63) is 146 Å². The van der Waals surface area contributed by atoms with Crippen LogP contribution < -0.4 is 0 Å². The zero-order valence-electron chi connectivity index (χ0n) is 17.9. The normalized spacial score (nSPS) is 10.5. The fourth-order valence-corrected chi connectivity index (χ4v) is 4.10. The second kappa shape index (κ2) is 9.32.